The largest absolute Gasteiger partial charge is 0.346 e. The fourth-order valence-corrected chi connectivity index (χ4v) is 6.39. The fourth-order valence-electron chi connectivity index (χ4n) is 6.39. The van der Waals surface area contributed by atoms with Crippen LogP contribution in [0.1, 0.15) is 51.2 Å². The molecule has 4 aliphatic rings. The fraction of sp³-hybridized carbons (Fsp3) is 0.152. The van der Waals surface area contributed by atoms with Crippen molar-refractivity contribution in [1.82, 2.24) is 5.32 Å². The summed E-state index contributed by atoms with van der Waals surface area (Å²) in [5.74, 6) is -0.177. The van der Waals surface area contributed by atoms with Crippen LogP contribution in [0.15, 0.2) is 185 Å². The summed E-state index contributed by atoms with van der Waals surface area (Å²) in [5.41, 5.74) is 11.6. The number of carbonyl (C=O) groups is 3. The molecular weight excluding hydrogens is 643 g/mol. The molecule has 2 aromatic carbocycles. The molecule has 0 aliphatic heterocycles. The van der Waals surface area contributed by atoms with E-state index >= 15 is 0 Å². The number of nitrogens with one attached hydrogen (secondary N) is 3. The number of anilines is 2. The van der Waals surface area contributed by atoms with E-state index in [0.717, 1.165) is 55.7 Å². The van der Waals surface area contributed by atoms with E-state index in [1.54, 1.807) is 0 Å². The van der Waals surface area contributed by atoms with Gasteiger partial charge in [0.25, 0.3) is 0 Å². The Morgan fingerprint density at radius 1 is 0.462 bits per heavy atom. The highest BCUT2D eigenvalue weighted by Gasteiger charge is 2.16. The van der Waals surface area contributed by atoms with Crippen LogP contribution in [0.5, 0.6) is 0 Å². The average Bonchev–Trinajstić information content (AvgIpc) is 3.95. The molecule has 0 saturated carbocycles. The van der Waals surface area contributed by atoms with E-state index < -0.39 is 0 Å². The van der Waals surface area contributed by atoms with Crippen LogP contribution in [0.25, 0.3) is 5.57 Å². The van der Waals surface area contributed by atoms with Crippen molar-refractivity contribution in [1.29, 1.82) is 0 Å². The second-order valence-electron chi connectivity index (χ2n) is 13.3. The van der Waals surface area contributed by atoms with E-state index in [-0.39, 0.29) is 23.8 Å². The average molecular weight is 686 g/mol. The first-order chi connectivity index (χ1) is 25.2. The molecule has 0 fully saturated rings. The third-order valence-corrected chi connectivity index (χ3v) is 9.24. The smallest absolute Gasteiger partial charge is 0.228 e. The number of hydrogen-bond donors (Lipinski definition) is 3. The summed E-state index contributed by atoms with van der Waals surface area (Å²) in [7, 11) is 0. The molecule has 0 unspecified atom stereocenters. The molecule has 4 aliphatic carbocycles. The van der Waals surface area contributed by atoms with Crippen molar-refractivity contribution >= 4 is 34.7 Å². The van der Waals surface area contributed by atoms with E-state index in [2.05, 4.69) is 16.0 Å². The summed E-state index contributed by atoms with van der Waals surface area (Å²) < 4.78 is 0. The van der Waals surface area contributed by atoms with E-state index in [9.17, 15) is 14.4 Å². The lowest BCUT2D eigenvalue weighted by Crippen LogP contribution is -2.32. The van der Waals surface area contributed by atoms with Crippen molar-refractivity contribution in [3.05, 3.63) is 196 Å². The Morgan fingerprint density at radius 3 is 1.17 bits per heavy atom. The number of benzene rings is 2. The van der Waals surface area contributed by atoms with Gasteiger partial charge in [0.2, 0.25) is 17.7 Å². The number of allylic oxidation sites excluding steroid dienone is 18. The molecule has 260 valence electrons. The van der Waals surface area contributed by atoms with Crippen LogP contribution in [-0.2, 0) is 14.4 Å². The predicted octanol–water partition coefficient (Wildman–Crippen LogP) is 9.47. The first kappa shape index (κ1) is 35.6. The van der Waals surface area contributed by atoms with E-state index in [1.807, 2.05) is 167 Å². The van der Waals surface area contributed by atoms with Crippen LogP contribution in [0.3, 0.4) is 0 Å². The highest BCUT2D eigenvalue weighted by molar-refractivity contribution is 5.94. The summed E-state index contributed by atoms with van der Waals surface area (Å²) in [6.07, 6.45) is 32.9. The van der Waals surface area contributed by atoms with Crippen LogP contribution >= 0.6 is 0 Å². The van der Waals surface area contributed by atoms with Crippen LogP contribution in [-0.4, -0.2) is 23.8 Å². The molecular formula is C46H43N3O3. The highest BCUT2D eigenvalue weighted by atomic mass is 16.2. The first-order valence-electron chi connectivity index (χ1n) is 17.6. The van der Waals surface area contributed by atoms with Gasteiger partial charge in [-0.15, -0.1) is 0 Å². The van der Waals surface area contributed by atoms with Gasteiger partial charge in [-0.05, 0) is 84.0 Å². The maximum atomic E-state index is 12.9. The van der Waals surface area contributed by atoms with Gasteiger partial charge >= 0.3 is 0 Å². The summed E-state index contributed by atoms with van der Waals surface area (Å²) in [6.45, 7) is 5.93. The maximum Gasteiger partial charge on any atom is 0.228 e. The molecule has 2 aromatic rings. The summed E-state index contributed by atoms with van der Waals surface area (Å²) >= 11 is 0. The molecule has 0 aromatic heterocycles. The molecule has 0 spiro atoms. The normalized spacial score (nSPS) is 16.2. The lowest BCUT2D eigenvalue weighted by molar-refractivity contribution is -0.120. The topological polar surface area (TPSA) is 87.3 Å². The van der Waals surface area contributed by atoms with Gasteiger partial charge in [-0.3, -0.25) is 14.4 Å². The molecule has 0 heterocycles. The lowest BCUT2D eigenvalue weighted by atomic mass is 9.90. The van der Waals surface area contributed by atoms with Crippen LogP contribution in [0.4, 0.5) is 11.4 Å². The number of rotatable bonds is 11. The Balaban J connectivity index is 1.20. The molecule has 52 heavy (non-hydrogen) atoms. The molecule has 3 amide bonds. The van der Waals surface area contributed by atoms with Gasteiger partial charge in [0, 0.05) is 30.6 Å². The summed E-state index contributed by atoms with van der Waals surface area (Å²) in [4.78, 5) is 38.5. The van der Waals surface area contributed by atoms with Crippen LogP contribution in [0, 0.1) is 0 Å². The second-order valence-corrected chi connectivity index (χ2v) is 13.3. The van der Waals surface area contributed by atoms with Gasteiger partial charge in [0.05, 0.1) is 6.04 Å². The third kappa shape index (κ3) is 9.29. The SMILES string of the molecule is CC(CC(=O)Nc1ccc(C(=C2C=CC(NC(=O)CC(C)=C3C=CC=C3)C=C2)c2ccc(NC(=O)CC(C)=C3C=CC=C3)cc2)cc1)=C1C=CC=C1. The van der Waals surface area contributed by atoms with Gasteiger partial charge in [-0.1, -0.05) is 138 Å². The standard InChI is InChI=1S/C46H43N3O3/c1-31(34-10-4-5-11-34)28-43(50)47-40-22-16-37(17-23-40)46(38-18-24-41(25-19-38)48-44(51)29-32(2)35-12-6-7-13-35)39-20-26-42(27-21-39)49-45(52)30-33(3)36-14-8-9-15-36/h4-27,40H,28-30H2,1-3H3,(H,47,50)(H,48,51)(H,49,52). The number of amides is 3. The van der Waals surface area contributed by atoms with Crippen molar-refractivity contribution in [2.45, 2.75) is 46.1 Å². The van der Waals surface area contributed by atoms with Gasteiger partial charge in [-0.25, -0.2) is 0 Å². The van der Waals surface area contributed by atoms with Crippen molar-refractivity contribution in [3.8, 4) is 0 Å². The van der Waals surface area contributed by atoms with Crippen molar-refractivity contribution in [3.63, 3.8) is 0 Å². The Kier molecular flexibility index (Phi) is 11.4. The zero-order chi connectivity index (χ0) is 36.5. The molecule has 6 rings (SSSR count). The first-order valence-corrected chi connectivity index (χ1v) is 17.6. The zero-order valence-electron chi connectivity index (χ0n) is 29.8. The van der Waals surface area contributed by atoms with Gasteiger partial charge in [0.1, 0.15) is 0 Å². The van der Waals surface area contributed by atoms with Crippen LogP contribution < -0.4 is 16.0 Å². The van der Waals surface area contributed by atoms with Crippen LogP contribution in [0.2, 0.25) is 0 Å². The summed E-state index contributed by atoms with van der Waals surface area (Å²) in [6, 6.07) is 15.4. The van der Waals surface area contributed by atoms with E-state index in [0.29, 0.717) is 30.6 Å². The maximum absolute atomic E-state index is 12.9. The minimum absolute atomic E-state index is 0.0361. The monoisotopic (exact) mass is 685 g/mol. The molecule has 0 radical (unpaired) electrons. The quantitative estimate of drug-likeness (QED) is 0.220. The molecule has 0 saturated heterocycles. The minimum atomic E-state index is -0.234. The van der Waals surface area contributed by atoms with Crippen molar-refractivity contribution in [2.75, 3.05) is 10.6 Å². The molecule has 0 atom stereocenters. The Hall–Kier alpha value is -6.27. The Morgan fingerprint density at radius 2 is 0.808 bits per heavy atom. The van der Waals surface area contributed by atoms with Gasteiger partial charge in [0.15, 0.2) is 0 Å². The van der Waals surface area contributed by atoms with E-state index in [1.165, 1.54) is 0 Å². The van der Waals surface area contributed by atoms with Crippen molar-refractivity contribution in [2.24, 2.45) is 0 Å². The Bertz CT molecular complexity index is 1970. The minimum Gasteiger partial charge on any atom is -0.346 e. The van der Waals surface area contributed by atoms with Gasteiger partial charge < -0.3 is 16.0 Å². The lowest BCUT2D eigenvalue weighted by Gasteiger charge is -2.19. The molecule has 0 bridgehead atoms. The molecule has 6 heteroatoms. The van der Waals surface area contributed by atoms with E-state index in [4.69, 9.17) is 0 Å². The number of carbonyl (C=O) groups excluding carboxylic acids is 3. The third-order valence-electron chi connectivity index (χ3n) is 9.24. The zero-order valence-corrected chi connectivity index (χ0v) is 29.8. The molecule has 6 nitrogen and oxygen atoms in total. The van der Waals surface area contributed by atoms with Gasteiger partial charge in [-0.2, -0.15) is 0 Å². The number of hydrogen-bond acceptors (Lipinski definition) is 3. The predicted molar refractivity (Wildman–Crippen MR) is 213 cm³/mol. The second kappa shape index (κ2) is 16.6. The molecule has 3 N–H and O–H groups in total. The highest BCUT2D eigenvalue weighted by Crippen LogP contribution is 2.32. The van der Waals surface area contributed by atoms with Crippen molar-refractivity contribution < 1.29 is 14.4 Å². The summed E-state index contributed by atoms with van der Waals surface area (Å²) in [5, 5.41) is 9.16. The Labute approximate surface area is 306 Å².